The number of Topliss-reactive ketones (excluding diaryl/α,β-unsaturated/α-hetero) is 1. The highest BCUT2D eigenvalue weighted by Gasteiger charge is 2.14. The standard InChI is InChI=1S/C13H10ClFN2O/c14-9-6-10(13(16)17-7-9)12(18)5-8-3-1-2-4-11(8)15/h1-4,6-7H,5H2,(H2,16,17). The minimum Gasteiger partial charge on any atom is -0.383 e. The molecule has 0 aliphatic rings. The van der Waals surface area contributed by atoms with E-state index < -0.39 is 5.82 Å². The second-order valence-electron chi connectivity index (χ2n) is 3.78. The zero-order valence-corrected chi connectivity index (χ0v) is 10.1. The zero-order valence-electron chi connectivity index (χ0n) is 9.36. The predicted molar refractivity (Wildman–Crippen MR) is 68.1 cm³/mol. The molecule has 0 aliphatic carbocycles. The Kier molecular flexibility index (Phi) is 3.58. The van der Waals surface area contributed by atoms with E-state index in [0.717, 1.165) is 0 Å². The first kappa shape index (κ1) is 12.5. The van der Waals surface area contributed by atoms with Gasteiger partial charge in [-0.1, -0.05) is 29.8 Å². The molecule has 1 aromatic heterocycles. The van der Waals surface area contributed by atoms with E-state index in [2.05, 4.69) is 4.98 Å². The van der Waals surface area contributed by atoms with E-state index in [9.17, 15) is 9.18 Å². The smallest absolute Gasteiger partial charge is 0.171 e. The first-order valence-electron chi connectivity index (χ1n) is 5.25. The summed E-state index contributed by atoms with van der Waals surface area (Å²) < 4.78 is 13.4. The van der Waals surface area contributed by atoms with Crippen molar-refractivity contribution in [2.45, 2.75) is 6.42 Å². The molecule has 0 bridgehead atoms. The topological polar surface area (TPSA) is 56.0 Å². The molecule has 0 saturated carbocycles. The second kappa shape index (κ2) is 5.14. The second-order valence-corrected chi connectivity index (χ2v) is 4.21. The van der Waals surface area contributed by atoms with Crippen LogP contribution in [0.25, 0.3) is 0 Å². The average molecular weight is 265 g/mol. The molecule has 3 nitrogen and oxygen atoms in total. The summed E-state index contributed by atoms with van der Waals surface area (Å²) in [7, 11) is 0. The summed E-state index contributed by atoms with van der Waals surface area (Å²) in [5, 5.41) is 0.320. The Morgan fingerprint density at radius 2 is 2.11 bits per heavy atom. The van der Waals surface area contributed by atoms with Gasteiger partial charge in [-0.3, -0.25) is 4.79 Å². The van der Waals surface area contributed by atoms with E-state index in [-0.39, 0.29) is 23.6 Å². The maximum Gasteiger partial charge on any atom is 0.171 e. The Hall–Kier alpha value is -1.94. The fourth-order valence-corrected chi connectivity index (χ4v) is 1.74. The molecule has 2 aromatic rings. The minimum atomic E-state index is -0.417. The Bertz CT molecular complexity index is 601. The van der Waals surface area contributed by atoms with Gasteiger partial charge >= 0.3 is 0 Å². The number of carbonyl (C=O) groups is 1. The average Bonchev–Trinajstić information content (AvgIpc) is 2.35. The Labute approximate surface area is 108 Å². The maximum absolute atomic E-state index is 13.4. The van der Waals surface area contributed by atoms with Crippen molar-refractivity contribution in [2.24, 2.45) is 0 Å². The van der Waals surface area contributed by atoms with Crippen LogP contribution in [-0.2, 0) is 6.42 Å². The third kappa shape index (κ3) is 2.65. The van der Waals surface area contributed by atoms with Crippen LogP contribution in [0, 0.1) is 5.82 Å². The number of halogens is 2. The number of carbonyl (C=O) groups excluding carboxylic acids is 1. The van der Waals surface area contributed by atoms with Crippen LogP contribution in [0.2, 0.25) is 5.02 Å². The molecule has 0 spiro atoms. The number of nitrogens with zero attached hydrogens (tertiary/aromatic N) is 1. The van der Waals surface area contributed by atoms with E-state index in [0.29, 0.717) is 10.6 Å². The molecule has 0 unspecified atom stereocenters. The van der Waals surface area contributed by atoms with Crippen LogP contribution in [0.5, 0.6) is 0 Å². The fraction of sp³-hybridized carbons (Fsp3) is 0.0769. The number of pyridine rings is 1. The molecule has 0 saturated heterocycles. The molecular formula is C13H10ClFN2O. The molecule has 2 rings (SSSR count). The van der Waals surface area contributed by atoms with Gasteiger partial charge in [0.25, 0.3) is 0 Å². The number of anilines is 1. The molecule has 0 radical (unpaired) electrons. The van der Waals surface area contributed by atoms with Crippen molar-refractivity contribution >= 4 is 23.2 Å². The van der Waals surface area contributed by atoms with Crippen molar-refractivity contribution in [1.29, 1.82) is 0 Å². The van der Waals surface area contributed by atoms with Crippen molar-refractivity contribution in [3.63, 3.8) is 0 Å². The lowest BCUT2D eigenvalue weighted by Crippen LogP contribution is -2.09. The summed E-state index contributed by atoms with van der Waals surface area (Å²) in [4.78, 5) is 15.8. The summed E-state index contributed by atoms with van der Waals surface area (Å²) in [5.74, 6) is -0.632. The van der Waals surface area contributed by atoms with Gasteiger partial charge in [0, 0.05) is 12.6 Å². The summed E-state index contributed by atoms with van der Waals surface area (Å²) in [6, 6.07) is 7.54. The molecule has 5 heteroatoms. The minimum absolute atomic E-state index is 0.0705. The van der Waals surface area contributed by atoms with Gasteiger partial charge in [0.05, 0.1) is 10.6 Å². The molecule has 0 amide bonds. The molecular weight excluding hydrogens is 255 g/mol. The van der Waals surface area contributed by atoms with Gasteiger partial charge in [-0.2, -0.15) is 0 Å². The van der Waals surface area contributed by atoms with Gasteiger partial charge in [0.1, 0.15) is 11.6 Å². The van der Waals surface area contributed by atoms with E-state index >= 15 is 0 Å². The molecule has 0 atom stereocenters. The van der Waals surface area contributed by atoms with E-state index in [1.54, 1.807) is 18.2 Å². The third-order valence-corrected chi connectivity index (χ3v) is 2.70. The zero-order chi connectivity index (χ0) is 13.1. The first-order valence-corrected chi connectivity index (χ1v) is 5.63. The monoisotopic (exact) mass is 264 g/mol. The number of hydrogen-bond acceptors (Lipinski definition) is 3. The number of nitrogens with two attached hydrogens (primary N) is 1. The number of aromatic nitrogens is 1. The van der Waals surface area contributed by atoms with Crippen LogP contribution >= 0.6 is 11.6 Å². The van der Waals surface area contributed by atoms with Crippen molar-refractivity contribution < 1.29 is 9.18 Å². The quantitative estimate of drug-likeness (QED) is 0.868. The lowest BCUT2D eigenvalue weighted by atomic mass is 10.0. The van der Waals surface area contributed by atoms with Crippen molar-refractivity contribution in [1.82, 2.24) is 4.98 Å². The molecule has 2 N–H and O–H groups in total. The molecule has 0 fully saturated rings. The molecule has 92 valence electrons. The highest BCUT2D eigenvalue weighted by molar-refractivity contribution is 6.31. The van der Waals surface area contributed by atoms with Crippen LogP contribution in [0.15, 0.2) is 36.5 Å². The number of ketones is 1. The van der Waals surface area contributed by atoms with Crippen molar-refractivity contribution in [3.8, 4) is 0 Å². The summed E-state index contributed by atoms with van der Waals surface area (Å²) >= 11 is 5.75. The first-order chi connectivity index (χ1) is 8.58. The number of hydrogen-bond donors (Lipinski definition) is 1. The maximum atomic E-state index is 13.4. The molecule has 1 aromatic carbocycles. The predicted octanol–water partition coefficient (Wildman–Crippen LogP) is 2.88. The van der Waals surface area contributed by atoms with Crippen LogP contribution in [0.4, 0.5) is 10.2 Å². The van der Waals surface area contributed by atoms with Gasteiger partial charge in [0.2, 0.25) is 0 Å². The Balaban J connectivity index is 2.28. The highest BCUT2D eigenvalue weighted by atomic mass is 35.5. The Morgan fingerprint density at radius 3 is 2.83 bits per heavy atom. The highest BCUT2D eigenvalue weighted by Crippen LogP contribution is 2.18. The molecule has 18 heavy (non-hydrogen) atoms. The van der Waals surface area contributed by atoms with Gasteiger partial charge in [-0.15, -0.1) is 0 Å². The number of nitrogen functional groups attached to an aromatic ring is 1. The Morgan fingerprint density at radius 1 is 1.39 bits per heavy atom. The van der Waals surface area contributed by atoms with Crippen molar-refractivity contribution in [2.75, 3.05) is 5.73 Å². The number of rotatable bonds is 3. The van der Waals surface area contributed by atoms with Gasteiger partial charge < -0.3 is 5.73 Å². The summed E-state index contributed by atoms with van der Waals surface area (Å²) in [6.07, 6.45) is 1.29. The van der Waals surface area contributed by atoms with Crippen LogP contribution in [-0.4, -0.2) is 10.8 Å². The van der Waals surface area contributed by atoms with Gasteiger partial charge in [0.15, 0.2) is 5.78 Å². The molecule has 0 aliphatic heterocycles. The SMILES string of the molecule is Nc1ncc(Cl)cc1C(=O)Cc1ccccc1F. The van der Waals surface area contributed by atoms with Crippen molar-refractivity contribution in [3.05, 3.63) is 58.5 Å². The molecule has 1 heterocycles. The lowest BCUT2D eigenvalue weighted by Gasteiger charge is -2.05. The van der Waals surface area contributed by atoms with E-state index in [1.807, 2.05) is 0 Å². The van der Waals surface area contributed by atoms with Crippen LogP contribution in [0.3, 0.4) is 0 Å². The van der Waals surface area contributed by atoms with E-state index in [4.69, 9.17) is 17.3 Å². The van der Waals surface area contributed by atoms with Crippen LogP contribution in [0.1, 0.15) is 15.9 Å². The van der Waals surface area contributed by atoms with Crippen LogP contribution < -0.4 is 5.73 Å². The largest absolute Gasteiger partial charge is 0.383 e. The summed E-state index contributed by atoms with van der Waals surface area (Å²) in [6.45, 7) is 0. The summed E-state index contributed by atoms with van der Waals surface area (Å²) in [5.41, 5.74) is 6.13. The number of benzene rings is 1. The fourth-order valence-electron chi connectivity index (χ4n) is 1.58. The van der Waals surface area contributed by atoms with E-state index in [1.165, 1.54) is 18.3 Å². The lowest BCUT2D eigenvalue weighted by molar-refractivity contribution is 0.0992. The van der Waals surface area contributed by atoms with Gasteiger partial charge in [-0.25, -0.2) is 9.37 Å². The van der Waals surface area contributed by atoms with Gasteiger partial charge in [-0.05, 0) is 17.7 Å². The third-order valence-electron chi connectivity index (χ3n) is 2.49. The normalized spacial score (nSPS) is 10.3.